The zero-order chi connectivity index (χ0) is 22.6. The van der Waals surface area contributed by atoms with E-state index in [2.05, 4.69) is 114 Å². The first-order valence-corrected chi connectivity index (χ1v) is 20.4. The summed E-state index contributed by atoms with van der Waals surface area (Å²) >= 11 is -2.08. The van der Waals surface area contributed by atoms with Crippen LogP contribution < -0.4 is 0 Å². The summed E-state index contributed by atoms with van der Waals surface area (Å²) in [6.45, 7) is 14.8. The Labute approximate surface area is 201 Å². The second-order valence-electron chi connectivity index (χ2n) is 9.66. The zero-order valence-corrected chi connectivity index (χ0v) is 23.5. The third kappa shape index (κ3) is 3.42. The Bertz CT molecular complexity index is 1360. The number of fused-ring (bicyclic) bond motifs is 3. The summed E-state index contributed by atoms with van der Waals surface area (Å²) in [4.78, 5) is 0. The predicted octanol–water partition coefficient (Wildman–Crippen LogP) is 8.46. The number of hydrogen-bond donors (Lipinski definition) is 0. The summed E-state index contributed by atoms with van der Waals surface area (Å²) in [5.41, 5.74) is 8.92. The van der Waals surface area contributed by atoms with Crippen LogP contribution in [0, 0.1) is 5.92 Å². The zero-order valence-electron chi connectivity index (χ0n) is 20.1. The van der Waals surface area contributed by atoms with Crippen LogP contribution in [0.3, 0.4) is 0 Å². The molecule has 3 aromatic carbocycles. The number of hydrogen-bond acceptors (Lipinski definition) is 0. The molecule has 0 radical (unpaired) electrons. The van der Waals surface area contributed by atoms with Gasteiger partial charge in [0.2, 0.25) is 0 Å². The molecule has 0 saturated carbocycles. The van der Waals surface area contributed by atoms with Crippen molar-refractivity contribution in [3.05, 3.63) is 109 Å². The van der Waals surface area contributed by atoms with Gasteiger partial charge < -0.3 is 0 Å². The fraction of sp³-hybridized carbons (Fsp3) is 0.267. The molecular formula is C30H32SiZr. The molecular weight excluding hydrogens is 480 g/mol. The summed E-state index contributed by atoms with van der Waals surface area (Å²) in [6, 6.07) is 25.0. The maximum absolute atomic E-state index is 2.70. The molecule has 160 valence electrons. The van der Waals surface area contributed by atoms with E-state index in [1.807, 2.05) is 3.28 Å². The number of allylic oxidation sites excluding steroid dienone is 5. The molecule has 2 aliphatic carbocycles. The number of rotatable bonds is 3. The van der Waals surface area contributed by atoms with Crippen molar-refractivity contribution >= 4 is 19.5 Å². The monoisotopic (exact) mass is 510 g/mol. The van der Waals surface area contributed by atoms with E-state index in [9.17, 15) is 0 Å². The van der Waals surface area contributed by atoms with E-state index in [0.29, 0.717) is 11.8 Å². The van der Waals surface area contributed by atoms with Gasteiger partial charge in [0, 0.05) is 0 Å². The van der Waals surface area contributed by atoms with Crippen molar-refractivity contribution in [3.8, 4) is 0 Å². The van der Waals surface area contributed by atoms with Gasteiger partial charge in [-0.05, 0) is 0 Å². The summed E-state index contributed by atoms with van der Waals surface area (Å²) in [5, 5.41) is 2.84. The Balaban J connectivity index is 1.81. The molecule has 0 aliphatic heterocycles. The fourth-order valence-corrected chi connectivity index (χ4v) is 24.2. The molecule has 0 fully saturated rings. The molecule has 2 atom stereocenters. The third-order valence-corrected chi connectivity index (χ3v) is 25.0. The molecule has 0 spiro atoms. The Morgan fingerprint density at radius 2 is 1.47 bits per heavy atom. The van der Waals surface area contributed by atoms with E-state index in [-0.39, 0.29) is 0 Å². The second-order valence-corrected chi connectivity index (χ2v) is 26.5. The van der Waals surface area contributed by atoms with Crippen molar-refractivity contribution < 1.29 is 20.4 Å². The van der Waals surface area contributed by atoms with Crippen LogP contribution in [0.5, 0.6) is 0 Å². The first-order valence-electron chi connectivity index (χ1n) is 11.8. The first-order chi connectivity index (χ1) is 15.4. The van der Waals surface area contributed by atoms with Crippen molar-refractivity contribution in [2.75, 3.05) is 0 Å². The molecule has 32 heavy (non-hydrogen) atoms. The van der Waals surface area contributed by atoms with Gasteiger partial charge in [0.05, 0.1) is 0 Å². The van der Waals surface area contributed by atoms with Crippen molar-refractivity contribution in [2.45, 2.75) is 46.7 Å². The second kappa shape index (κ2) is 8.54. The van der Waals surface area contributed by atoms with Crippen LogP contribution in [-0.4, -0.2) is 5.43 Å². The molecule has 2 unspecified atom stereocenters. The Morgan fingerprint density at radius 1 is 0.781 bits per heavy atom. The van der Waals surface area contributed by atoms with E-state index in [4.69, 9.17) is 0 Å². The van der Waals surface area contributed by atoms with Crippen molar-refractivity contribution in [1.29, 1.82) is 0 Å². The van der Waals surface area contributed by atoms with Gasteiger partial charge in [-0.1, -0.05) is 0 Å². The average Bonchev–Trinajstić information content (AvgIpc) is 3.28. The quantitative estimate of drug-likeness (QED) is 0.309. The SMILES string of the molecule is CC1=C(C)C(C)[C]([Zr]([C]2=CC(c3ccccc3)c3ccc4ccccc4c32)=[Si](C)C)=C1C. The molecule has 0 N–H and O–H groups in total. The molecule has 0 saturated heterocycles. The van der Waals surface area contributed by atoms with Gasteiger partial charge in [-0.25, -0.2) is 0 Å². The van der Waals surface area contributed by atoms with Crippen LogP contribution in [-0.2, 0) is 20.4 Å². The Morgan fingerprint density at radius 3 is 2.12 bits per heavy atom. The molecule has 0 amide bonds. The summed E-state index contributed by atoms with van der Waals surface area (Å²) in [6.07, 6.45) is 2.70. The van der Waals surface area contributed by atoms with E-state index in [1.165, 1.54) is 21.9 Å². The maximum atomic E-state index is 2.70. The Hall–Kier alpha value is -1.76. The van der Waals surface area contributed by atoms with Gasteiger partial charge in [-0.15, -0.1) is 0 Å². The van der Waals surface area contributed by atoms with Crippen LogP contribution in [0.15, 0.2) is 92.8 Å². The van der Waals surface area contributed by atoms with Gasteiger partial charge in [0.15, 0.2) is 0 Å². The minimum absolute atomic E-state index is 0.385. The number of benzene rings is 3. The fourth-order valence-electron chi connectivity index (χ4n) is 5.78. The van der Waals surface area contributed by atoms with Crippen molar-refractivity contribution in [1.82, 2.24) is 0 Å². The summed E-state index contributed by atoms with van der Waals surface area (Å²) in [5.74, 6) is 1.01. The van der Waals surface area contributed by atoms with Crippen LogP contribution in [0.4, 0.5) is 0 Å². The molecule has 0 heterocycles. The van der Waals surface area contributed by atoms with Crippen LogP contribution in [0.25, 0.3) is 14.1 Å². The van der Waals surface area contributed by atoms with Crippen molar-refractivity contribution in [2.24, 2.45) is 5.92 Å². The van der Waals surface area contributed by atoms with Gasteiger partial charge >= 0.3 is 202 Å². The van der Waals surface area contributed by atoms with Crippen LogP contribution >= 0.6 is 0 Å². The topological polar surface area (TPSA) is 0 Å². The summed E-state index contributed by atoms with van der Waals surface area (Å²) < 4.78 is 3.65. The van der Waals surface area contributed by atoms with Gasteiger partial charge in [0.1, 0.15) is 0 Å². The molecule has 2 aliphatic rings. The van der Waals surface area contributed by atoms with E-state index in [1.54, 1.807) is 25.6 Å². The van der Waals surface area contributed by atoms with Gasteiger partial charge in [-0.2, -0.15) is 0 Å². The normalized spacial score (nSPS) is 20.1. The molecule has 5 rings (SSSR count). The third-order valence-electron chi connectivity index (χ3n) is 7.74. The van der Waals surface area contributed by atoms with Gasteiger partial charge in [0.25, 0.3) is 0 Å². The van der Waals surface area contributed by atoms with E-state index < -0.39 is 25.8 Å². The van der Waals surface area contributed by atoms with E-state index >= 15 is 0 Å². The Kier molecular flexibility index (Phi) is 5.89. The molecule has 0 nitrogen and oxygen atoms in total. The molecule has 2 heteroatoms. The standard InChI is InChI=1S/C19H13.C9H13.C2H6Si.Zr/c1-2-6-14(7-3-1)17-12-13-19-16-9-5-4-8-15(16)10-11-18(17)19;1-6-5-7(2)9(4)8(6)3;1-3-2;/h1-12,17H;6H,1-4H3;1-2H3;. The summed E-state index contributed by atoms with van der Waals surface area (Å²) in [7, 11) is 0. The van der Waals surface area contributed by atoms with Crippen molar-refractivity contribution in [3.63, 3.8) is 0 Å². The molecule has 3 aromatic rings. The average molecular weight is 512 g/mol. The predicted molar refractivity (Wildman–Crippen MR) is 138 cm³/mol. The van der Waals surface area contributed by atoms with E-state index in [0.717, 1.165) is 0 Å². The van der Waals surface area contributed by atoms with Crippen LogP contribution in [0.1, 0.15) is 50.3 Å². The first kappa shape index (κ1) is 22.1. The molecule has 0 aromatic heterocycles. The van der Waals surface area contributed by atoms with Gasteiger partial charge in [-0.3, -0.25) is 0 Å². The molecule has 0 bridgehead atoms. The minimum atomic E-state index is -2.08. The van der Waals surface area contributed by atoms with Crippen LogP contribution in [0.2, 0.25) is 13.1 Å².